The molecule has 8 heteroatoms. The van der Waals surface area contributed by atoms with Crippen LogP contribution in [0.1, 0.15) is 6.92 Å². The third-order valence-electron chi connectivity index (χ3n) is 1.75. The van der Waals surface area contributed by atoms with Gasteiger partial charge in [0.1, 0.15) is 6.33 Å². The Hall–Kier alpha value is -1.57. The Morgan fingerprint density at radius 3 is 2.53 bits per heavy atom. The van der Waals surface area contributed by atoms with Gasteiger partial charge in [-0.2, -0.15) is 4.41 Å². The van der Waals surface area contributed by atoms with Gasteiger partial charge in [-0.3, -0.25) is 0 Å². The summed E-state index contributed by atoms with van der Waals surface area (Å²) in [6.07, 6.45) is 4.89. The SMILES string of the molecule is CC(C(=O)O)N(n1ccnc1)S(C)(=O)=O. The standard InChI is InChI=1S/C7H11N3O4S/c1-6(7(11)12)10(15(2,13)14)9-4-3-8-5-9/h3-6H,1-2H3,(H,11,12). The highest BCUT2D eigenvalue weighted by molar-refractivity contribution is 7.91. The first-order valence-corrected chi connectivity index (χ1v) is 5.89. The molecule has 7 nitrogen and oxygen atoms in total. The molecule has 0 radical (unpaired) electrons. The third-order valence-corrected chi connectivity index (χ3v) is 2.93. The fourth-order valence-corrected chi connectivity index (χ4v) is 2.23. The molecule has 1 unspecified atom stereocenters. The van der Waals surface area contributed by atoms with Gasteiger partial charge in [-0.05, 0) is 6.92 Å². The first-order valence-electron chi connectivity index (χ1n) is 4.04. The van der Waals surface area contributed by atoms with Gasteiger partial charge >= 0.3 is 5.97 Å². The molecular weight excluding hydrogens is 222 g/mol. The molecule has 1 N–H and O–H groups in total. The number of rotatable bonds is 4. The average molecular weight is 233 g/mol. The molecule has 0 spiro atoms. The highest BCUT2D eigenvalue weighted by Crippen LogP contribution is 2.04. The Morgan fingerprint density at radius 2 is 2.20 bits per heavy atom. The largest absolute Gasteiger partial charge is 0.480 e. The summed E-state index contributed by atoms with van der Waals surface area (Å²) in [5.74, 6) is -1.23. The van der Waals surface area contributed by atoms with Crippen molar-refractivity contribution in [1.82, 2.24) is 9.66 Å². The lowest BCUT2D eigenvalue weighted by molar-refractivity contribution is -0.138. The van der Waals surface area contributed by atoms with Gasteiger partial charge < -0.3 is 5.11 Å². The van der Waals surface area contributed by atoms with Crippen molar-refractivity contribution in [3.05, 3.63) is 18.7 Å². The number of hydrogen-bond donors (Lipinski definition) is 1. The van der Waals surface area contributed by atoms with Crippen LogP contribution < -0.4 is 4.41 Å². The van der Waals surface area contributed by atoms with E-state index in [1.165, 1.54) is 25.6 Å². The van der Waals surface area contributed by atoms with E-state index in [1.807, 2.05) is 0 Å². The van der Waals surface area contributed by atoms with E-state index >= 15 is 0 Å². The van der Waals surface area contributed by atoms with E-state index in [2.05, 4.69) is 4.98 Å². The minimum absolute atomic E-state index is 0.738. The molecule has 0 aliphatic rings. The zero-order chi connectivity index (χ0) is 11.6. The summed E-state index contributed by atoms with van der Waals surface area (Å²) in [6, 6.07) is -1.19. The predicted molar refractivity (Wildman–Crippen MR) is 52.4 cm³/mol. The van der Waals surface area contributed by atoms with Crippen LogP contribution in [0.2, 0.25) is 0 Å². The minimum atomic E-state index is -3.66. The Bertz CT molecular complexity index is 439. The molecule has 0 aliphatic carbocycles. The van der Waals surface area contributed by atoms with Crippen LogP contribution in [-0.2, 0) is 14.8 Å². The van der Waals surface area contributed by atoms with Crippen molar-refractivity contribution in [2.45, 2.75) is 13.0 Å². The van der Waals surface area contributed by atoms with E-state index in [1.54, 1.807) is 0 Å². The van der Waals surface area contributed by atoms with Gasteiger partial charge in [0.15, 0.2) is 6.04 Å². The summed E-state index contributed by atoms with van der Waals surface area (Å²) >= 11 is 0. The summed E-state index contributed by atoms with van der Waals surface area (Å²) in [5, 5.41) is 8.77. The number of hydrogen-bond acceptors (Lipinski definition) is 4. The maximum absolute atomic E-state index is 11.4. The minimum Gasteiger partial charge on any atom is -0.480 e. The van der Waals surface area contributed by atoms with Crippen molar-refractivity contribution in [2.75, 3.05) is 10.7 Å². The second-order valence-corrected chi connectivity index (χ2v) is 4.83. The van der Waals surface area contributed by atoms with Crippen LogP contribution in [0.5, 0.6) is 0 Å². The molecule has 0 saturated heterocycles. The monoisotopic (exact) mass is 233 g/mol. The molecule has 0 bridgehead atoms. The topological polar surface area (TPSA) is 92.5 Å². The van der Waals surface area contributed by atoms with E-state index in [9.17, 15) is 13.2 Å². The van der Waals surface area contributed by atoms with Gasteiger partial charge in [-0.1, -0.05) is 0 Å². The molecule has 1 aromatic rings. The Balaban J connectivity index is 3.17. The number of aromatic nitrogens is 2. The van der Waals surface area contributed by atoms with Crippen LogP contribution in [0.25, 0.3) is 0 Å². The number of sulfonamides is 1. The number of carboxylic acids is 1. The third kappa shape index (κ3) is 2.46. The van der Waals surface area contributed by atoms with E-state index < -0.39 is 22.0 Å². The molecule has 0 aromatic carbocycles. The second kappa shape index (κ2) is 3.89. The fourth-order valence-electron chi connectivity index (χ4n) is 1.12. The van der Waals surface area contributed by atoms with Gasteiger partial charge in [-0.15, -0.1) is 0 Å². The number of carbonyl (C=O) groups is 1. The van der Waals surface area contributed by atoms with Gasteiger partial charge in [0.2, 0.25) is 10.0 Å². The first-order chi connectivity index (χ1) is 6.84. The van der Waals surface area contributed by atoms with Crippen LogP contribution in [0, 0.1) is 0 Å². The van der Waals surface area contributed by atoms with Gasteiger partial charge in [-0.25, -0.2) is 22.9 Å². The second-order valence-electron chi connectivity index (χ2n) is 2.99. The van der Waals surface area contributed by atoms with Crippen molar-refractivity contribution < 1.29 is 18.3 Å². The fraction of sp³-hybridized carbons (Fsp3) is 0.429. The molecule has 84 valence electrons. The van der Waals surface area contributed by atoms with E-state index in [0.29, 0.717) is 0 Å². The molecule has 1 rings (SSSR count). The Kier molecular flexibility index (Phi) is 2.98. The van der Waals surface area contributed by atoms with Gasteiger partial charge in [0.25, 0.3) is 0 Å². The Labute approximate surface area is 87.0 Å². The number of carboxylic acid groups (broad SMARTS) is 1. The summed E-state index contributed by atoms with van der Waals surface area (Å²) < 4.78 is 24.6. The van der Waals surface area contributed by atoms with E-state index in [0.717, 1.165) is 15.3 Å². The van der Waals surface area contributed by atoms with Crippen molar-refractivity contribution in [1.29, 1.82) is 0 Å². The smallest absolute Gasteiger partial charge is 0.329 e. The quantitative estimate of drug-likeness (QED) is 0.739. The lowest BCUT2D eigenvalue weighted by atomic mass is 10.4. The molecule has 0 amide bonds. The Morgan fingerprint density at radius 1 is 1.60 bits per heavy atom. The molecular formula is C7H11N3O4S. The molecule has 1 aromatic heterocycles. The molecule has 15 heavy (non-hydrogen) atoms. The molecule has 0 aliphatic heterocycles. The van der Waals surface area contributed by atoms with Gasteiger partial charge in [0, 0.05) is 12.4 Å². The molecule has 0 saturated carbocycles. The van der Waals surface area contributed by atoms with Gasteiger partial charge in [0.05, 0.1) is 6.26 Å². The van der Waals surface area contributed by atoms with Crippen molar-refractivity contribution in [3.8, 4) is 0 Å². The van der Waals surface area contributed by atoms with Crippen LogP contribution in [-0.4, -0.2) is 41.5 Å². The number of nitrogens with zero attached hydrogens (tertiary/aromatic N) is 3. The maximum atomic E-state index is 11.4. The molecule has 0 fully saturated rings. The summed E-state index contributed by atoms with van der Waals surface area (Å²) in [6.45, 7) is 1.28. The van der Waals surface area contributed by atoms with E-state index in [-0.39, 0.29) is 0 Å². The van der Waals surface area contributed by atoms with Crippen LogP contribution >= 0.6 is 0 Å². The van der Waals surface area contributed by atoms with Crippen molar-refractivity contribution in [3.63, 3.8) is 0 Å². The zero-order valence-corrected chi connectivity index (χ0v) is 9.05. The average Bonchev–Trinajstić information content (AvgIpc) is 2.54. The molecule has 1 atom stereocenters. The number of imidazole rings is 1. The zero-order valence-electron chi connectivity index (χ0n) is 8.23. The van der Waals surface area contributed by atoms with E-state index in [4.69, 9.17) is 5.11 Å². The summed E-state index contributed by atoms with van der Waals surface area (Å²) in [7, 11) is -3.66. The summed E-state index contributed by atoms with van der Waals surface area (Å²) in [4.78, 5) is 14.4. The predicted octanol–water partition coefficient (Wildman–Crippen LogP) is -0.746. The first kappa shape index (κ1) is 11.5. The number of aliphatic carboxylic acids is 1. The van der Waals surface area contributed by atoms with Crippen molar-refractivity contribution >= 4 is 16.0 Å². The van der Waals surface area contributed by atoms with Crippen LogP contribution in [0.15, 0.2) is 18.7 Å². The normalized spacial score (nSPS) is 13.5. The lowest BCUT2D eigenvalue weighted by Gasteiger charge is -2.26. The lowest BCUT2D eigenvalue weighted by Crippen LogP contribution is -2.49. The highest BCUT2D eigenvalue weighted by atomic mass is 32.2. The van der Waals surface area contributed by atoms with Crippen LogP contribution in [0.4, 0.5) is 0 Å². The maximum Gasteiger partial charge on any atom is 0.329 e. The van der Waals surface area contributed by atoms with Crippen molar-refractivity contribution in [2.24, 2.45) is 0 Å². The summed E-state index contributed by atoms with van der Waals surface area (Å²) in [5.41, 5.74) is 0. The highest BCUT2D eigenvalue weighted by Gasteiger charge is 2.28. The molecule has 1 heterocycles. The van der Waals surface area contributed by atoms with Crippen LogP contribution in [0.3, 0.4) is 0 Å².